The summed E-state index contributed by atoms with van der Waals surface area (Å²) in [5, 5.41) is 23.3. The summed E-state index contributed by atoms with van der Waals surface area (Å²) in [7, 11) is 0. The van der Waals surface area contributed by atoms with Gasteiger partial charge in [-0.2, -0.15) is 0 Å². The van der Waals surface area contributed by atoms with Gasteiger partial charge in [0, 0.05) is 12.1 Å². The maximum atomic E-state index is 12.3. The second-order valence-corrected chi connectivity index (χ2v) is 5.78. The van der Waals surface area contributed by atoms with Crippen molar-refractivity contribution in [2.24, 2.45) is 0 Å². The molecule has 21 heavy (non-hydrogen) atoms. The molecule has 0 unspecified atom stereocenters. The van der Waals surface area contributed by atoms with E-state index in [0.717, 1.165) is 25.3 Å². The number of rotatable bonds is 4. The van der Waals surface area contributed by atoms with Crippen LogP contribution in [0.25, 0.3) is 0 Å². The number of nitro groups is 1. The molecule has 2 N–H and O–H groups in total. The number of hydrogen-bond donors (Lipinski definition) is 2. The van der Waals surface area contributed by atoms with Crippen molar-refractivity contribution in [3.63, 3.8) is 0 Å². The van der Waals surface area contributed by atoms with Crippen LogP contribution in [0.3, 0.4) is 0 Å². The Kier molecular flexibility index (Phi) is 4.80. The third-order valence-electron chi connectivity index (χ3n) is 3.90. The summed E-state index contributed by atoms with van der Waals surface area (Å²) in [6.07, 6.45) is 4.34. The van der Waals surface area contributed by atoms with Crippen LogP contribution in [0.1, 0.15) is 42.5 Å². The Labute approximate surface area is 127 Å². The molecule has 0 spiro atoms. The summed E-state index contributed by atoms with van der Waals surface area (Å²) in [6.45, 7) is -0.148. The van der Waals surface area contributed by atoms with Crippen LogP contribution in [0.15, 0.2) is 18.2 Å². The van der Waals surface area contributed by atoms with E-state index in [4.69, 9.17) is 11.6 Å². The second kappa shape index (κ2) is 6.41. The molecule has 2 rings (SSSR count). The van der Waals surface area contributed by atoms with Crippen LogP contribution in [-0.4, -0.2) is 28.1 Å². The number of non-ortho nitro benzene ring substituents is 1. The predicted octanol–water partition coefficient (Wildman–Crippen LogP) is 2.67. The molecule has 0 heterocycles. The zero-order valence-electron chi connectivity index (χ0n) is 11.5. The molecule has 1 amide bonds. The molecule has 0 atom stereocenters. The summed E-state index contributed by atoms with van der Waals surface area (Å²) in [4.78, 5) is 22.6. The molecule has 0 bridgehead atoms. The van der Waals surface area contributed by atoms with Gasteiger partial charge in [-0.3, -0.25) is 14.9 Å². The first-order valence-electron chi connectivity index (χ1n) is 6.85. The van der Waals surface area contributed by atoms with E-state index in [2.05, 4.69) is 5.32 Å². The quantitative estimate of drug-likeness (QED) is 0.660. The van der Waals surface area contributed by atoms with E-state index in [0.29, 0.717) is 12.8 Å². The molecule has 1 aliphatic rings. The number of hydrogen-bond acceptors (Lipinski definition) is 4. The standard InChI is InChI=1S/C14H17ClN2O4/c15-12-5-4-10(17(20)21)8-11(12)13(19)16-14(9-18)6-2-1-3-7-14/h4-5,8,18H,1-3,6-7,9H2,(H,16,19). The minimum absolute atomic E-state index is 0.0595. The fourth-order valence-corrected chi connectivity index (χ4v) is 2.86. The van der Waals surface area contributed by atoms with Gasteiger partial charge in [0.05, 0.1) is 27.7 Å². The van der Waals surface area contributed by atoms with Crippen LogP contribution in [0.2, 0.25) is 5.02 Å². The van der Waals surface area contributed by atoms with Gasteiger partial charge in [0.1, 0.15) is 0 Å². The molecular formula is C14H17ClN2O4. The van der Waals surface area contributed by atoms with E-state index < -0.39 is 16.4 Å². The van der Waals surface area contributed by atoms with Gasteiger partial charge in [0.15, 0.2) is 0 Å². The van der Waals surface area contributed by atoms with E-state index >= 15 is 0 Å². The molecule has 0 aromatic heterocycles. The van der Waals surface area contributed by atoms with E-state index in [1.165, 1.54) is 12.1 Å². The Bertz CT molecular complexity index is 556. The molecule has 0 saturated heterocycles. The Hall–Kier alpha value is -1.66. The molecule has 114 valence electrons. The molecule has 1 aliphatic carbocycles. The van der Waals surface area contributed by atoms with Crippen molar-refractivity contribution in [2.75, 3.05) is 6.61 Å². The van der Waals surface area contributed by atoms with Gasteiger partial charge >= 0.3 is 0 Å². The molecular weight excluding hydrogens is 296 g/mol. The van der Waals surface area contributed by atoms with Crippen LogP contribution in [0.4, 0.5) is 5.69 Å². The van der Waals surface area contributed by atoms with Gasteiger partial charge in [-0.05, 0) is 18.9 Å². The van der Waals surface area contributed by atoms with E-state index in [1.54, 1.807) is 0 Å². The van der Waals surface area contributed by atoms with Crippen molar-refractivity contribution in [1.82, 2.24) is 5.32 Å². The number of carbonyl (C=O) groups excluding carboxylic acids is 1. The number of aliphatic hydroxyl groups excluding tert-OH is 1. The summed E-state index contributed by atoms with van der Waals surface area (Å²) >= 11 is 5.96. The van der Waals surface area contributed by atoms with Crippen molar-refractivity contribution in [2.45, 2.75) is 37.6 Å². The second-order valence-electron chi connectivity index (χ2n) is 5.37. The topological polar surface area (TPSA) is 92.5 Å². The molecule has 1 fully saturated rings. The number of nitrogens with one attached hydrogen (secondary N) is 1. The highest BCUT2D eigenvalue weighted by atomic mass is 35.5. The smallest absolute Gasteiger partial charge is 0.270 e. The SMILES string of the molecule is O=C(NC1(CO)CCCCC1)c1cc([N+](=O)[O-])ccc1Cl. The van der Waals surface area contributed by atoms with Gasteiger partial charge in [0.2, 0.25) is 0 Å². The monoisotopic (exact) mass is 312 g/mol. The summed E-state index contributed by atoms with van der Waals surface area (Å²) in [5.41, 5.74) is -0.779. The van der Waals surface area contributed by atoms with E-state index in [9.17, 15) is 20.0 Å². The number of carbonyl (C=O) groups is 1. The first-order valence-corrected chi connectivity index (χ1v) is 7.22. The Morgan fingerprint density at radius 3 is 2.62 bits per heavy atom. The molecule has 6 nitrogen and oxygen atoms in total. The lowest BCUT2D eigenvalue weighted by Crippen LogP contribution is -2.52. The molecule has 0 radical (unpaired) electrons. The van der Waals surface area contributed by atoms with Crippen molar-refractivity contribution in [1.29, 1.82) is 0 Å². The average Bonchev–Trinajstić information content (AvgIpc) is 2.48. The number of aliphatic hydroxyl groups is 1. The third-order valence-corrected chi connectivity index (χ3v) is 4.23. The van der Waals surface area contributed by atoms with Crippen molar-refractivity contribution >= 4 is 23.2 Å². The number of nitrogens with zero attached hydrogens (tertiary/aromatic N) is 1. The van der Waals surface area contributed by atoms with Crippen LogP contribution in [-0.2, 0) is 0 Å². The maximum absolute atomic E-state index is 12.3. The van der Waals surface area contributed by atoms with Crippen LogP contribution in [0, 0.1) is 10.1 Å². The third kappa shape index (κ3) is 3.51. The average molecular weight is 313 g/mol. The largest absolute Gasteiger partial charge is 0.394 e. The fraction of sp³-hybridized carbons (Fsp3) is 0.500. The lowest BCUT2D eigenvalue weighted by atomic mass is 9.82. The van der Waals surface area contributed by atoms with Gasteiger partial charge < -0.3 is 10.4 Å². The summed E-state index contributed by atoms with van der Waals surface area (Å²) in [5.74, 6) is -0.486. The minimum atomic E-state index is -0.650. The van der Waals surface area contributed by atoms with E-state index in [1.807, 2.05) is 0 Å². The molecule has 1 saturated carbocycles. The van der Waals surface area contributed by atoms with Crippen LogP contribution in [0.5, 0.6) is 0 Å². The highest BCUT2D eigenvalue weighted by molar-refractivity contribution is 6.34. The Morgan fingerprint density at radius 1 is 1.38 bits per heavy atom. The molecule has 1 aromatic rings. The van der Waals surface area contributed by atoms with Crippen LogP contribution >= 0.6 is 11.6 Å². The fourth-order valence-electron chi connectivity index (χ4n) is 2.66. The van der Waals surface area contributed by atoms with Crippen molar-refractivity contribution in [3.8, 4) is 0 Å². The normalized spacial score (nSPS) is 17.2. The Morgan fingerprint density at radius 2 is 2.05 bits per heavy atom. The number of amides is 1. The highest BCUT2D eigenvalue weighted by Gasteiger charge is 2.33. The Balaban J connectivity index is 2.23. The minimum Gasteiger partial charge on any atom is -0.394 e. The zero-order valence-corrected chi connectivity index (χ0v) is 12.2. The molecule has 0 aliphatic heterocycles. The predicted molar refractivity (Wildman–Crippen MR) is 78.5 cm³/mol. The van der Waals surface area contributed by atoms with Gasteiger partial charge in [0.25, 0.3) is 11.6 Å². The van der Waals surface area contributed by atoms with Gasteiger partial charge in [-0.25, -0.2) is 0 Å². The summed E-state index contributed by atoms with van der Waals surface area (Å²) in [6, 6.07) is 3.74. The van der Waals surface area contributed by atoms with Gasteiger partial charge in [-0.1, -0.05) is 30.9 Å². The first kappa shape index (κ1) is 15.7. The molecule has 7 heteroatoms. The number of halogens is 1. The van der Waals surface area contributed by atoms with Crippen LogP contribution < -0.4 is 5.32 Å². The van der Waals surface area contributed by atoms with E-state index in [-0.39, 0.29) is 22.9 Å². The lowest BCUT2D eigenvalue weighted by molar-refractivity contribution is -0.384. The van der Waals surface area contributed by atoms with Crippen molar-refractivity contribution in [3.05, 3.63) is 38.9 Å². The molecule has 1 aromatic carbocycles. The number of nitro benzene ring substituents is 1. The maximum Gasteiger partial charge on any atom is 0.270 e. The first-order chi connectivity index (χ1) is 9.97. The van der Waals surface area contributed by atoms with Gasteiger partial charge in [-0.15, -0.1) is 0 Å². The highest BCUT2D eigenvalue weighted by Crippen LogP contribution is 2.29. The van der Waals surface area contributed by atoms with Crippen molar-refractivity contribution < 1.29 is 14.8 Å². The summed E-state index contributed by atoms with van der Waals surface area (Å²) < 4.78 is 0. The lowest BCUT2D eigenvalue weighted by Gasteiger charge is -2.36. The number of benzene rings is 1. The zero-order chi connectivity index (χ0) is 15.5.